The Kier molecular flexibility index (Phi) is 42.9. The van der Waals surface area contributed by atoms with Crippen LogP contribution in [0.15, 0.2) is 0 Å². The van der Waals surface area contributed by atoms with Gasteiger partial charge in [0.1, 0.15) is 0 Å². The summed E-state index contributed by atoms with van der Waals surface area (Å²) >= 11 is 0. The van der Waals surface area contributed by atoms with E-state index in [1.807, 2.05) is 0 Å². The number of rotatable bonds is 39. The Hall–Kier alpha value is 0.440. The van der Waals surface area contributed by atoms with E-state index in [1.165, 1.54) is 250 Å². The van der Waals surface area contributed by atoms with E-state index in [4.69, 9.17) is 5.73 Å². The summed E-state index contributed by atoms with van der Waals surface area (Å²) in [6, 6.07) is 0. The second-order valence-electron chi connectivity index (χ2n) is 15.4. The van der Waals surface area contributed by atoms with Gasteiger partial charge in [-0.2, -0.15) is 0 Å². The molecule has 0 radical (unpaired) electrons. The van der Waals surface area contributed by atoms with Crippen molar-refractivity contribution in [1.82, 2.24) is 0 Å². The zero-order valence-electron chi connectivity index (χ0n) is 32.2. The largest absolute Gasteiger partial charge is 1.00 e. The van der Waals surface area contributed by atoms with Gasteiger partial charge in [0.15, 0.2) is 0 Å². The van der Waals surface area contributed by atoms with Crippen LogP contribution in [0.25, 0.3) is 0 Å². The van der Waals surface area contributed by atoms with Crippen LogP contribution in [0.4, 0.5) is 0 Å². The highest BCUT2D eigenvalue weighted by Crippen LogP contribution is 2.26. The van der Waals surface area contributed by atoms with Crippen molar-refractivity contribution in [3.63, 3.8) is 0 Å². The summed E-state index contributed by atoms with van der Waals surface area (Å²) in [5, 5.41) is 0. The molecule has 0 saturated heterocycles. The maximum atomic E-state index is 4.94. The van der Waals surface area contributed by atoms with E-state index in [1.54, 1.807) is 0 Å². The minimum absolute atomic E-state index is 0. The van der Waals surface area contributed by atoms with Crippen LogP contribution in [0.5, 0.6) is 0 Å². The highest BCUT2D eigenvalue weighted by molar-refractivity contribution is 4.77. The first-order valence-corrected chi connectivity index (χ1v) is 21.5. The van der Waals surface area contributed by atoms with Gasteiger partial charge in [-0.25, -0.2) is 0 Å². The molecule has 0 spiro atoms. The first-order valence-electron chi connectivity index (χ1n) is 21.5. The average molecular weight is 701 g/mol. The lowest BCUT2D eigenvalue weighted by Gasteiger charge is -2.26. The van der Waals surface area contributed by atoms with Crippen molar-refractivity contribution < 1.29 is 22.7 Å². The fourth-order valence-corrected chi connectivity index (χ4v) is 7.40. The predicted molar refractivity (Wildman–Crippen MR) is 203 cm³/mol. The van der Waals surface area contributed by atoms with Crippen LogP contribution in [0.2, 0.25) is 0 Å². The predicted octanol–water partition coefficient (Wildman–Crippen LogP) is 12.2. The number of halogens is 1. The van der Waals surface area contributed by atoms with Gasteiger partial charge in [0.05, 0.1) is 5.54 Å². The van der Waals surface area contributed by atoms with E-state index in [0.29, 0.717) is 5.54 Å². The van der Waals surface area contributed by atoms with Crippen LogP contribution < -0.4 is 22.7 Å². The third-order valence-corrected chi connectivity index (χ3v) is 10.7. The zero-order valence-corrected chi connectivity index (χ0v) is 33.7. The third-order valence-electron chi connectivity index (χ3n) is 10.7. The molecule has 0 fully saturated rings. The monoisotopic (exact) mass is 700 g/mol. The molecule has 0 aliphatic carbocycles. The van der Waals surface area contributed by atoms with Crippen molar-refractivity contribution in [3.05, 3.63) is 0 Å². The van der Waals surface area contributed by atoms with Crippen LogP contribution in [0.3, 0.4) is 0 Å². The van der Waals surface area contributed by atoms with Crippen molar-refractivity contribution in [3.8, 4) is 0 Å². The lowest BCUT2D eigenvalue weighted by molar-refractivity contribution is -0.484. The Morgan fingerprint density at radius 1 is 0.244 bits per heavy atom. The summed E-state index contributed by atoms with van der Waals surface area (Å²) < 4.78 is 0. The molecule has 274 valence electrons. The van der Waals surface area contributed by atoms with E-state index in [9.17, 15) is 0 Å². The second-order valence-corrected chi connectivity index (χ2v) is 15.4. The van der Waals surface area contributed by atoms with Gasteiger partial charge in [-0.3, -0.25) is 0 Å². The van der Waals surface area contributed by atoms with Gasteiger partial charge in [-0.1, -0.05) is 233 Å². The summed E-state index contributed by atoms with van der Waals surface area (Å²) in [7, 11) is 0. The molecule has 0 aromatic heterocycles. The molecule has 1 nitrogen and oxygen atoms in total. The molecule has 0 bridgehead atoms. The molecule has 0 aromatic carbocycles. The van der Waals surface area contributed by atoms with Crippen LogP contribution >= 0.6 is 0 Å². The van der Waals surface area contributed by atoms with Crippen LogP contribution in [-0.2, 0) is 0 Å². The highest BCUT2D eigenvalue weighted by atomic mass is 79.9. The van der Waals surface area contributed by atoms with Gasteiger partial charge in [0.25, 0.3) is 0 Å². The minimum atomic E-state index is 0. The summed E-state index contributed by atoms with van der Waals surface area (Å²) in [5.41, 5.74) is 5.31. The number of hydrogen-bond acceptors (Lipinski definition) is 0. The van der Waals surface area contributed by atoms with Gasteiger partial charge in [0, 0.05) is 19.3 Å². The maximum Gasteiger partial charge on any atom is 0.0945 e. The number of hydrogen-bond donors (Lipinski definition) is 1. The fraction of sp³-hybridized carbons (Fsp3) is 1.00. The van der Waals surface area contributed by atoms with Gasteiger partial charge in [0.2, 0.25) is 0 Å². The Morgan fingerprint density at radius 2 is 0.378 bits per heavy atom. The lowest BCUT2D eigenvalue weighted by atomic mass is 9.82. The average Bonchev–Trinajstić information content (AvgIpc) is 3.02. The molecule has 0 unspecified atom stereocenters. The van der Waals surface area contributed by atoms with Crippen LogP contribution in [-0.4, -0.2) is 5.54 Å². The highest BCUT2D eigenvalue weighted by Gasteiger charge is 2.27. The smallest absolute Gasteiger partial charge is 0.0945 e. The Morgan fingerprint density at radius 3 is 0.533 bits per heavy atom. The third kappa shape index (κ3) is 38.8. The Balaban J connectivity index is 0. The SMILES string of the molecule is CCCCCCCCCCCCCCC([NH3+])(CCCCCCCCCCCCCC)CCCCCCCCCCCCCC.[Br-]. The summed E-state index contributed by atoms with van der Waals surface area (Å²) in [6.07, 6.45) is 56.5. The quantitative estimate of drug-likeness (QED) is 0.0618. The number of unbranched alkanes of at least 4 members (excludes halogenated alkanes) is 33. The van der Waals surface area contributed by atoms with E-state index in [0.717, 1.165) is 0 Å². The summed E-state index contributed by atoms with van der Waals surface area (Å²) in [6.45, 7) is 6.95. The molecule has 2 heteroatoms. The minimum Gasteiger partial charge on any atom is -1.00 e. The molecule has 0 aliphatic rings. The molecule has 45 heavy (non-hydrogen) atoms. The standard InChI is InChI=1S/C43H89N.BrH/c1-4-7-10-13-16-19-22-25-28-31-34-37-40-43(44,41-38-35-32-29-26-23-20-17-14-11-8-5-2)42-39-36-33-30-27-24-21-18-15-12-9-6-3;/h4-42,44H2,1-3H3;1H. The van der Waals surface area contributed by atoms with Crippen molar-refractivity contribution in [2.75, 3.05) is 0 Å². The molecule has 0 saturated carbocycles. The molecule has 3 N–H and O–H groups in total. The van der Waals surface area contributed by atoms with E-state index in [-0.39, 0.29) is 17.0 Å². The molecule has 0 amide bonds. The van der Waals surface area contributed by atoms with Crippen molar-refractivity contribution in [2.24, 2.45) is 0 Å². The van der Waals surface area contributed by atoms with Crippen molar-refractivity contribution in [2.45, 2.75) is 277 Å². The van der Waals surface area contributed by atoms with Gasteiger partial charge >= 0.3 is 0 Å². The first-order chi connectivity index (χ1) is 21.7. The summed E-state index contributed by atoms with van der Waals surface area (Å²) in [4.78, 5) is 0. The topological polar surface area (TPSA) is 27.6 Å². The zero-order chi connectivity index (χ0) is 32.1. The Bertz CT molecular complexity index is 437. The summed E-state index contributed by atoms with van der Waals surface area (Å²) in [5.74, 6) is 0. The fourth-order valence-electron chi connectivity index (χ4n) is 7.40. The van der Waals surface area contributed by atoms with Crippen molar-refractivity contribution >= 4 is 0 Å². The van der Waals surface area contributed by atoms with Gasteiger partial charge < -0.3 is 22.7 Å². The molecule has 0 heterocycles. The molecule has 0 aromatic rings. The molecular formula is C43H90BrN. The Labute approximate surface area is 298 Å². The van der Waals surface area contributed by atoms with Crippen LogP contribution in [0, 0.1) is 0 Å². The molecular weight excluding hydrogens is 610 g/mol. The first kappa shape index (κ1) is 47.6. The molecule has 0 atom stereocenters. The van der Waals surface area contributed by atoms with E-state index >= 15 is 0 Å². The van der Waals surface area contributed by atoms with E-state index < -0.39 is 0 Å². The van der Waals surface area contributed by atoms with Gasteiger partial charge in [-0.05, 0) is 19.3 Å². The lowest BCUT2D eigenvalue weighted by Crippen LogP contribution is -3.00. The normalized spacial score (nSPS) is 11.7. The number of quaternary nitrogens is 1. The maximum absolute atomic E-state index is 4.94. The molecule has 0 aliphatic heterocycles. The van der Waals surface area contributed by atoms with Gasteiger partial charge in [-0.15, -0.1) is 0 Å². The van der Waals surface area contributed by atoms with Crippen LogP contribution in [0.1, 0.15) is 271 Å². The van der Waals surface area contributed by atoms with E-state index in [2.05, 4.69) is 20.8 Å². The second kappa shape index (κ2) is 40.6. The van der Waals surface area contributed by atoms with Crippen molar-refractivity contribution in [1.29, 1.82) is 0 Å². The molecule has 0 rings (SSSR count).